The molecule has 2 aliphatic carbocycles. The molecule has 0 radical (unpaired) electrons. The zero-order valence-corrected chi connectivity index (χ0v) is 14.3. The van der Waals surface area contributed by atoms with Gasteiger partial charge in [-0.25, -0.2) is 0 Å². The van der Waals surface area contributed by atoms with Crippen LogP contribution in [0.25, 0.3) is 0 Å². The van der Waals surface area contributed by atoms with Crippen molar-refractivity contribution in [3.8, 4) is 0 Å². The van der Waals surface area contributed by atoms with E-state index >= 15 is 0 Å². The molecule has 0 heterocycles. The summed E-state index contributed by atoms with van der Waals surface area (Å²) >= 11 is 11.9. The zero-order chi connectivity index (χ0) is 16.4. The zero-order valence-electron chi connectivity index (χ0n) is 12.8. The van der Waals surface area contributed by atoms with Crippen LogP contribution in [0, 0.1) is 11.8 Å². The maximum Gasteiger partial charge on any atom is 0.227 e. The second-order valence-corrected chi connectivity index (χ2v) is 7.35. The lowest BCUT2D eigenvalue weighted by molar-refractivity contribution is -0.128. The minimum atomic E-state index is -0.0577. The highest BCUT2D eigenvalue weighted by Gasteiger charge is 2.32. The van der Waals surface area contributed by atoms with E-state index in [9.17, 15) is 9.59 Å². The van der Waals surface area contributed by atoms with Crippen molar-refractivity contribution in [1.29, 1.82) is 0 Å². The first kappa shape index (κ1) is 16.6. The van der Waals surface area contributed by atoms with Crippen LogP contribution in [0.4, 0.5) is 5.69 Å². The van der Waals surface area contributed by atoms with Gasteiger partial charge in [-0.1, -0.05) is 23.2 Å². The summed E-state index contributed by atoms with van der Waals surface area (Å²) in [4.78, 5) is 24.4. The van der Waals surface area contributed by atoms with Crippen LogP contribution in [-0.2, 0) is 9.59 Å². The van der Waals surface area contributed by atoms with Gasteiger partial charge in [-0.3, -0.25) is 9.59 Å². The van der Waals surface area contributed by atoms with Gasteiger partial charge in [-0.15, -0.1) is 0 Å². The Hall–Kier alpha value is -1.26. The van der Waals surface area contributed by atoms with Crippen LogP contribution < -0.4 is 10.6 Å². The first-order valence-corrected chi connectivity index (χ1v) is 8.84. The quantitative estimate of drug-likeness (QED) is 0.857. The lowest BCUT2D eigenvalue weighted by Gasteiger charge is -2.27. The van der Waals surface area contributed by atoms with Gasteiger partial charge in [-0.2, -0.15) is 0 Å². The molecule has 2 amide bonds. The smallest absolute Gasteiger partial charge is 0.227 e. The summed E-state index contributed by atoms with van der Waals surface area (Å²) in [6.07, 6.45) is 5.23. The van der Waals surface area contributed by atoms with E-state index in [0.717, 1.165) is 38.5 Å². The van der Waals surface area contributed by atoms with Gasteiger partial charge in [0.25, 0.3) is 0 Å². The molecule has 0 aliphatic heterocycles. The Morgan fingerprint density at radius 1 is 0.826 bits per heavy atom. The third-order valence-electron chi connectivity index (χ3n) is 4.52. The van der Waals surface area contributed by atoms with Crippen molar-refractivity contribution >= 4 is 40.7 Å². The minimum absolute atomic E-state index is 0.0237. The van der Waals surface area contributed by atoms with E-state index in [2.05, 4.69) is 10.6 Å². The fourth-order valence-electron chi connectivity index (χ4n) is 3.03. The number of rotatable bonds is 4. The molecule has 4 nitrogen and oxygen atoms in total. The van der Waals surface area contributed by atoms with Crippen LogP contribution in [0.1, 0.15) is 38.5 Å². The fourth-order valence-corrected chi connectivity index (χ4v) is 3.56. The maximum atomic E-state index is 12.4. The van der Waals surface area contributed by atoms with E-state index in [1.165, 1.54) is 0 Å². The van der Waals surface area contributed by atoms with Crippen LogP contribution in [0.3, 0.4) is 0 Å². The van der Waals surface area contributed by atoms with Gasteiger partial charge in [0.15, 0.2) is 0 Å². The van der Waals surface area contributed by atoms with Gasteiger partial charge in [0, 0.05) is 33.6 Å². The van der Waals surface area contributed by atoms with Crippen LogP contribution in [-0.4, -0.2) is 17.9 Å². The fraction of sp³-hybridized carbons (Fsp3) is 0.529. The molecule has 6 heteroatoms. The van der Waals surface area contributed by atoms with Crippen molar-refractivity contribution in [3.05, 3.63) is 28.2 Å². The van der Waals surface area contributed by atoms with E-state index in [4.69, 9.17) is 23.2 Å². The molecule has 23 heavy (non-hydrogen) atoms. The van der Waals surface area contributed by atoms with Gasteiger partial charge in [0.1, 0.15) is 0 Å². The van der Waals surface area contributed by atoms with E-state index in [1.807, 2.05) is 0 Å². The SMILES string of the molecule is O=C(Nc1cc(Cl)cc(Cl)c1)C1CCC(C(=O)NC2CC2)CC1. The molecule has 2 aliphatic rings. The van der Waals surface area contributed by atoms with Crippen LogP contribution in [0.15, 0.2) is 18.2 Å². The number of halogens is 2. The minimum Gasteiger partial charge on any atom is -0.353 e. The summed E-state index contributed by atoms with van der Waals surface area (Å²) < 4.78 is 0. The molecule has 0 aromatic heterocycles. The van der Waals surface area contributed by atoms with E-state index in [0.29, 0.717) is 21.8 Å². The van der Waals surface area contributed by atoms with Gasteiger partial charge < -0.3 is 10.6 Å². The van der Waals surface area contributed by atoms with Gasteiger partial charge >= 0.3 is 0 Å². The molecule has 2 saturated carbocycles. The second-order valence-electron chi connectivity index (χ2n) is 6.48. The Labute approximate surface area is 145 Å². The molecule has 1 aromatic carbocycles. The summed E-state index contributed by atoms with van der Waals surface area (Å²) in [7, 11) is 0. The van der Waals surface area contributed by atoms with Crippen molar-refractivity contribution in [2.75, 3.05) is 5.32 Å². The van der Waals surface area contributed by atoms with Crippen LogP contribution >= 0.6 is 23.2 Å². The largest absolute Gasteiger partial charge is 0.353 e. The molecule has 0 saturated heterocycles. The van der Waals surface area contributed by atoms with Crippen LogP contribution in [0.5, 0.6) is 0 Å². The molecule has 1 aromatic rings. The van der Waals surface area contributed by atoms with Crippen LogP contribution in [0.2, 0.25) is 10.0 Å². The number of nitrogens with one attached hydrogen (secondary N) is 2. The Bertz CT molecular complexity index is 588. The lowest BCUT2D eigenvalue weighted by Crippen LogP contribution is -2.36. The lowest BCUT2D eigenvalue weighted by atomic mass is 9.81. The number of carbonyl (C=O) groups is 2. The highest BCUT2D eigenvalue weighted by atomic mass is 35.5. The summed E-state index contributed by atoms with van der Waals surface area (Å²) in [5.74, 6) is 0.135. The first-order valence-electron chi connectivity index (χ1n) is 8.08. The number of carbonyl (C=O) groups excluding carboxylic acids is 2. The molecule has 0 unspecified atom stereocenters. The third-order valence-corrected chi connectivity index (χ3v) is 4.96. The Morgan fingerprint density at radius 2 is 1.35 bits per heavy atom. The molecule has 0 spiro atoms. The first-order chi connectivity index (χ1) is 11.0. The normalized spacial score (nSPS) is 24.1. The van der Waals surface area contributed by atoms with Crippen molar-refractivity contribution in [2.24, 2.45) is 11.8 Å². The topological polar surface area (TPSA) is 58.2 Å². The van der Waals surface area contributed by atoms with Crippen molar-refractivity contribution in [1.82, 2.24) is 5.32 Å². The molecular weight excluding hydrogens is 335 g/mol. The van der Waals surface area contributed by atoms with Gasteiger partial charge in [0.05, 0.1) is 0 Å². The number of hydrogen-bond donors (Lipinski definition) is 2. The Balaban J connectivity index is 1.50. The summed E-state index contributed by atoms with van der Waals surface area (Å²) in [5.41, 5.74) is 0.612. The molecule has 2 fully saturated rings. The monoisotopic (exact) mass is 354 g/mol. The summed E-state index contributed by atoms with van der Waals surface area (Å²) in [6.45, 7) is 0. The van der Waals surface area contributed by atoms with Gasteiger partial charge in [0.2, 0.25) is 11.8 Å². The number of amides is 2. The van der Waals surface area contributed by atoms with E-state index < -0.39 is 0 Å². The molecular formula is C17H20Cl2N2O2. The molecule has 3 rings (SSSR count). The van der Waals surface area contributed by atoms with E-state index in [-0.39, 0.29) is 23.7 Å². The Morgan fingerprint density at radius 3 is 1.87 bits per heavy atom. The standard InChI is InChI=1S/C17H20Cl2N2O2/c18-12-7-13(19)9-15(8-12)21-17(23)11-3-1-10(2-4-11)16(22)20-14-5-6-14/h7-11,14H,1-6H2,(H,20,22)(H,21,23). The summed E-state index contributed by atoms with van der Waals surface area (Å²) in [6, 6.07) is 5.39. The average Bonchev–Trinajstić information content (AvgIpc) is 3.30. The van der Waals surface area contributed by atoms with Crippen molar-refractivity contribution < 1.29 is 9.59 Å². The number of benzene rings is 1. The third kappa shape index (κ3) is 4.61. The maximum absolute atomic E-state index is 12.4. The Kier molecular flexibility index (Phi) is 5.12. The average molecular weight is 355 g/mol. The molecule has 0 atom stereocenters. The van der Waals surface area contributed by atoms with E-state index in [1.54, 1.807) is 18.2 Å². The predicted octanol–water partition coefficient (Wildman–Crippen LogP) is 4.02. The number of anilines is 1. The molecule has 0 bridgehead atoms. The summed E-state index contributed by atoms with van der Waals surface area (Å²) in [5, 5.41) is 6.91. The predicted molar refractivity (Wildman–Crippen MR) is 91.7 cm³/mol. The van der Waals surface area contributed by atoms with Crippen molar-refractivity contribution in [3.63, 3.8) is 0 Å². The van der Waals surface area contributed by atoms with Crippen molar-refractivity contribution in [2.45, 2.75) is 44.6 Å². The second kappa shape index (κ2) is 7.10. The number of hydrogen-bond acceptors (Lipinski definition) is 2. The highest BCUT2D eigenvalue weighted by molar-refractivity contribution is 6.35. The van der Waals surface area contributed by atoms with Gasteiger partial charge in [-0.05, 0) is 56.7 Å². The molecule has 124 valence electrons. The highest BCUT2D eigenvalue weighted by Crippen LogP contribution is 2.31. The molecule has 2 N–H and O–H groups in total.